The summed E-state index contributed by atoms with van der Waals surface area (Å²) in [5, 5.41) is 8.93. The van der Waals surface area contributed by atoms with Crippen molar-refractivity contribution in [3.05, 3.63) is 89.7 Å². The number of hydrogen-bond donors (Lipinski definition) is 0. The molecule has 0 N–H and O–H groups in total. The van der Waals surface area contributed by atoms with Crippen LogP contribution in [0.15, 0.2) is 82.6 Å². The van der Waals surface area contributed by atoms with E-state index in [0.29, 0.717) is 11.5 Å². The summed E-state index contributed by atoms with van der Waals surface area (Å²) in [6, 6.07) is 19.5. The number of aromatic nitrogens is 3. The van der Waals surface area contributed by atoms with Gasteiger partial charge in [-0.2, -0.15) is 5.10 Å². The van der Waals surface area contributed by atoms with Crippen LogP contribution in [0.25, 0.3) is 17.1 Å². The molecule has 11 heteroatoms. The van der Waals surface area contributed by atoms with Crippen LogP contribution in [0, 0.1) is 13.8 Å². The predicted octanol–water partition coefficient (Wildman–Crippen LogP) is 7.19. The van der Waals surface area contributed by atoms with Crippen molar-refractivity contribution < 1.29 is 17.9 Å². The van der Waals surface area contributed by atoms with E-state index < -0.39 is 6.36 Å². The molecule has 0 bridgehead atoms. The van der Waals surface area contributed by atoms with Gasteiger partial charge < -0.3 is 9.04 Å². The molecule has 1 unspecified atom stereocenters. The van der Waals surface area contributed by atoms with E-state index in [4.69, 9.17) is 4.47 Å². The lowest BCUT2D eigenvalue weighted by atomic mass is 10.1. The van der Waals surface area contributed by atoms with Crippen LogP contribution in [0.4, 0.5) is 18.9 Å². The molecule has 1 saturated heterocycles. The van der Waals surface area contributed by atoms with Crippen molar-refractivity contribution in [1.29, 1.82) is 0 Å². The number of hydrogen-bond acceptors (Lipinski definition) is 4. The zero-order valence-electron chi connectivity index (χ0n) is 22.2. The second-order valence-corrected chi connectivity index (χ2v) is 11.1. The highest BCUT2D eigenvalue weighted by Crippen LogP contribution is 2.29. The zero-order valence-corrected chi connectivity index (χ0v) is 23.0. The lowest BCUT2D eigenvalue weighted by Crippen LogP contribution is -2.28. The van der Waals surface area contributed by atoms with Crippen LogP contribution in [0.5, 0.6) is 5.75 Å². The number of rotatable bonds is 6. The highest BCUT2D eigenvalue weighted by molar-refractivity contribution is 7.88. The van der Waals surface area contributed by atoms with E-state index in [-0.39, 0.29) is 16.6 Å². The maximum Gasteiger partial charge on any atom is 0.573 e. The Morgan fingerprint density at radius 1 is 0.925 bits per heavy atom. The number of para-hydroxylation sites is 1. The van der Waals surface area contributed by atoms with Crippen molar-refractivity contribution in [3.63, 3.8) is 0 Å². The van der Waals surface area contributed by atoms with Crippen molar-refractivity contribution in [2.24, 2.45) is 9.57 Å². The molecule has 1 aliphatic rings. The first-order valence-electron chi connectivity index (χ1n) is 12.9. The molecule has 208 valence electrons. The number of ether oxygens (including phenoxy) is 1. The average Bonchev–Trinajstić information content (AvgIpc) is 3.30. The van der Waals surface area contributed by atoms with Crippen molar-refractivity contribution in [1.82, 2.24) is 14.8 Å². The molecule has 0 aliphatic carbocycles. The Kier molecular flexibility index (Phi) is 8.29. The van der Waals surface area contributed by atoms with Crippen molar-refractivity contribution in [2.45, 2.75) is 39.5 Å². The van der Waals surface area contributed by atoms with E-state index >= 15 is 0 Å². The maximum absolute atomic E-state index is 12.4. The van der Waals surface area contributed by atoms with Gasteiger partial charge in [0.25, 0.3) is 0 Å². The number of anilines is 1. The van der Waals surface area contributed by atoms with Crippen LogP contribution in [0.2, 0.25) is 0 Å². The molecule has 7 nitrogen and oxygen atoms in total. The Morgan fingerprint density at radius 3 is 2.35 bits per heavy atom. The molecular formula is C29H29F3N6OS. The van der Waals surface area contributed by atoms with Crippen LogP contribution in [0.3, 0.4) is 0 Å². The van der Waals surface area contributed by atoms with Gasteiger partial charge in [-0.25, -0.2) is 9.67 Å². The summed E-state index contributed by atoms with van der Waals surface area (Å²) >= 11 is 0. The van der Waals surface area contributed by atoms with E-state index in [1.54, 1.807) is 6.21 Å². The summed E-state index contributed by atoms with van der Waals surface area (Å²) in [5.41, 5.74) is 6.07. The van der Waals surface area contributed by atoms with E-state index in [1.807, 2.05) is 24.3 Å². The van der Waals surface area contributed by atoms with Gasteiger partial charge >= 0.3 is 6.36 Å². The van der Waals surface area contributed by atoms with Gasteiger partial charge in [-0.1, -0.05) is 48.9 Å². The van der Waals surface area contributed by atoms with E-state index in [0.717, 1.165) is 36.3 Å². The summed E-state index contributed by atoms with van der Waals surface area (Å²) in [7, 11) is -0.327. The molecule has 0 radical (unpaired) electrons. The third kappa shape index (κ3) is 6.77. The zero-order chi connectivity index (χ0) is 28.1. The molecule has 4 aromatic rings. The second-order valence-electron chi connectivity index (χ2n) is 9.45. The Balaban J connectivity index is 1.28. The molecule has 2 heterocycles. The van der Waals surface area contributed by atoms with Crippen LogP contribution in [-0.2, 0) is 10.9 Å². The quantitative estimate of drug-likeness (QED) is 0.183. The van der Waals surface area contributed by atoms with Gasteiger partial charge in [-0.3, -0.25) is 0 Å². The van der Waals surface area contributed by atoms with Crippen LogP contribution >= 0.6 is 0 Å². The van der Waals surface area contributed by atoms with E-state index in [1.165, 1.54) is 58.5 Å². The summed E-state index contributed by atoms with van der Waals surface area (Å²) in [5.74, 6) is 1.20. The summed E-state index contributed by atoms with van der Waals surface area (Å²) in [6.07, 6.45) is 2.04. The smallest absolute Gasteiger partial charge is 0.406 e. The highest BCUT2D eigenvalue weighted by atomic mass is 32.2. The normalized spacial score (nSPS) is 16.4. The Hall–Kier alpha value is -3.99. The topological polar surface area (TPSA) is 67.9 Å². The van der Waals surface area contributed by atoms with Crippen molar-refractivity contribution >= 4 is 22.8 Å². The van der Waals surface area contributed by atoms with Gasteiger partial charge in [0.2, 0.25) is 0 Å². The monoisotopic (exact) mass is 566 g/mol. The summed E-state index contributed by atoms with van der Waals surface area (Å²) < 4.78 is 49.8. The fraction of sp³-hybridized carbons (Fsp3) is 0.276. The molecule has 0 saturated carbocycles. The van der Waals surface area contributed by atoms with E-state index in [2.05, 4.69) is 56.3 Å². The SMILES string of the molecule is Cc1cccc(C)c1N1CCCCC/S1=N\N=C\c1ccc(-c2ncn(-c3ccc(OC(F)(F)F)cc3)n2)cc1. The fourth-order valence-electron chi connectivity index (χ4n) is 4.56. The fourth-order valence-corrected chi connectivity index (χ4v) is 6.41. The van der Waals surface area contributed by atoms with Gasteiger partial charge in [-0.15, -0.1) is 22.7 Å². The summed E-state index contributed by atoms with van der Waals surface area (Å²) in [6.45, 7) is 5.29. The number of aryl methyl sites for hydroxylation is 2. The second kappa shape index (κ2) is 12.0. The van der Waals surface area contributed by atoms with Gasteiger partial charge in [0.15, 0.2) is 5.82 Å². The van der Waals surface area contributed by atoms with Crippen LogP contribution in [0.1, 0.15) is 36.0 Å². The maximum atomic E-state index is 12.4. The molecule has 1 fully saturated rings. The number of alkyl halides is 3. The van der Waals surface area contributed by atoms with E-state index in [9.17, 15) is 13.2 Å². The molecule has 3 aromatic carbocycles. The number of halogens is 3. The minimum Gasteiger partial charge on any atom is -0.406 e. The minimum absolute atomic E-state index is 0.293. The lowest BCUT2D eigenvalue weighted by molar-refractivity contribution is -0.274. The lowest BCUT2D eigenvalue weighted by Gasteiger charge is -2.27. The van der Waals surface area contributed by atoms with Gasteiger partial charge in [0, 0.05) is 28.7 Å². The Bertz CT molecular complexity index is 1490. The molecule has 0 spiro atoms. The molecular weight excluding hydrogens is 537 g/mol. The first kappa shape index (κ1) is 27.6. The molecule has 1 aromatic heterocycles. The van der Waals surface area contributed by atoms with Crippen molar-refractivity contribution in [3.8, 4) is 22.8 Å². The number of nitrogens with zero attached hydrogens (tertiary/aromatic N) is 6. The van der Waals surface area contributed by atoms with Gasteiger partial charge in [-0.05, 0) is 67.6 Å². The van der Waals surface area contributed by atoms with Gasteiger partial charge in [0.1, 0.15) is 12.1 Å². The average molecular weight is 567 g/mol. The van der Waals surface area contributed by atoms with Crippen LogP contribution < -0.4 is 9.04 Å². The molecule has 5 rings (SSSR count). The number of benzene rings is 3. The third-order valence-corrected chi connectivity index (χ3v) is 8.29. The first-order valence-corrected chi connectivity index (χ1v) is 14.2. The first-order chi connectivity index (χ1) is 19.3. The third-order valence-electron chi connectivity index (χ3n) is 6.48. The van der Waals surface area contributed by atoms with Gasteiger partial charge in [0.05, 0.1) is 17.6 Å². The standard InChI is InChI=1S/C29H29F3N6OS/c1-21-7-6-8-22(2)27(21)38-17-4-3-5-18-40(38)36-34-19-23-9-11-24(12-10-23)28-33-20-37(35-28)25-13-15-26(16-14-25)39-29(30,31)32/h6-16,19-20H,3-5,17-18H2,1-2H3/b34-19+. The highest BCUT2D eigenvalue weighted by Gasteiger charge is 2.31. The molecule has 1 atom stereocenters. The van der Waals surface area contributed by atoms with Crippen molar-refractivity contribution in [2.75, 3.05) is 16.6 Å². The Morgan fingerprint density at radius 2 is 1.65 bits per heavy atom. The van der Waals surface area contributed by atoms with Crippen LogP contribution in [-0.4, -0.2) is 39.6 Å². The molecule has 0 amide bonds. The molecule has 40 heavy (non-hydrogen) atoms. The molecule has 1 aliphatic heterocycles. The summed E-state index contributed by atoms with van der Waals surface area (Å²) in [4.78, 5) is 4.34. The minimum atomic E-state index is -4.73. The Labute approximate surface area is 233 Å². The predicted molar refractivity (Wildman–Crippen MR) is 153 cm³/mol. The largest absolute Gasteiger partial charge is 0.573 e.